The monoisotopic (exact) mass is 222 g/mol. The molecule has 0 bridgehead atoms. The largest absolute Gasteiger partial charge is 0.368 e. The Morgan fingerprint density at radius 2 is 2.38 bits per heavy atom. The van der Waals surface area contributed by atoms with Crippen LogP contribution in [0.1, 0.15) is 18.9 Å². The van der Waals surface area contributed by atoms with Crippen molar-refractivity contribution in [1.82, 2.24) is 0 Å². The number of primary amides is 1. The molecule has 3 nitrogen and oxygen atoms in total. The molecule has 1 unspecified atom stereocenters. The summed E-state index contributed by atoms with van der Waals surface area (Å²) in [6.07, 6.45) is 1.49. The van der Waals surface area contributed by atoms with Gasteiger partial charge >= 0.3 is 0 Å². The van der Waals surface area contributed by atoms with Gasteiger partial charge in [0, 0.05) is 12.2 Å². The zero-order valence-corrected chi connectivity index (χ0v) is 9.24. The molecule has 1 aromatic rings. The molecular formula is C12H15FN2O. The number of fused-ring (bicyclic) bond motifs is 1. The molecule has 2 rings (SSSR count). The summed E-state index contributed by atoms with van der Waals surface area (Å²) in [4.78, 5) is 13.2. The summed E-state index contributed by atoms with van der Waals surface area (Å²) < 4.78 is 13.2. The van der Waals surface area contributed by atoms with E-state index in [0.717, 1.165) is 24.2 Å². The zero-order valence-electron chi connectivity index (χ0n) is 9.24. The molecule has 0 saturated heterocycles. The number of nitrogens with two attached hydrogens (primary N) is 1. The van der Waals surface area contributed by atoms with E-state index >= 15 is 0 Å². The molecule has 1 heterocycles. The molecular weight excluding hydrogens is 207 g/mol. The third kappa shape index (κ3) is 1.75. The van der Waals surface area contributed by atoms with Crippen LogP contribution >= 0.6 is 0 Å². The fourth-order valence-corrected chi connectivity index (χ4v) is 2.28. The Morgan fingerprint density at radius 3 is 3.00 bits per heavy atom. The summed E-state index contributed by atoms with van der Waals surface area (Å²) in [5.74, 6) is -0.621. The van der Waals surface area contributed by atoms with Crippen molar-refractivity contribution in [2.45, 2.75) is 25.8 Å². The Kier molecular flexibility index (Phi) is 2.81. The van der Waals surface area contributed by atoms with Crippen LogP contribution in [-0.4, -0.2) is 18.5 Å². The predicted octanol–water partition coefficient (Wildman–Crippen LogP) is 1.45. The fraction of sp³-hybridized carbons (Fsp3) is 0.417. The van der Waals surface area contributed by atoms with E-state index < -0.39 is 0 Å². The Morgan fingerprint density at radius 1 is 1.62 bits per heavy atom. The molecule has 0 spiro atoms. The number of halogens is 1. The van der Waals surface area contributed by atoms with Crippen molar-refractivity contribution in [3.63, 3.8) is 0 Å². The summed E-state index contributed by atoms with van der Waals surface area (Å²) in [6.45, 7) is 2.65. The van der Waals surface area contributed by atoms with Crippen molar-refractivity contribution in [2.75, 3.05) is 11.4 Å². The SMILES string of the molecule is CCC(C(N)=O)N1CCc2ccc(F)cc21. The van der Waals surface area contributed by atoms with Gasteiger partial charge in [0.2, 0.25) is 5.91 Å². The molecule has 1 aliphatic rings. The molecule has 0 fully saturated rings. The van der Waals surface area contributed by atoms with Crippen LogP contribution in [0.3, 0.4) is 0 Å². The number of amides is 1. The van der Waals surface area contributed by atoms with Crippen molar-refractivity contribution in [3.05, 3.63) is 29.6 Å². The lowest BCUT2D eigenvalue weighted by Gasteiger charge is -2.26. The van der Waals surface area contributed by atoms with Gasteiger partial charge < -0.3 is 10.6 Å². The molecule has 86 valence electrons. The summed E-state index contributed by atoms with van der Waals surface area (Å²) >= 11 is 0. The lowest BCUT2D eigenvalue weighted by atomic mass is 10.1. The van der Waals surface area contributed by atoms with Gasteiger partial charge in [-0.25, -0.2) is 4.39 Å². The highest BCUT2D eigenvalue weighted by Crippen LogP contribution is 2.30. The normalized spacial score (nSPS) is 16.0. The molecule has 2 N–H and O–H groups in total. The van der Waals surface area contributed by atoms with Gasteiger partial charge in [-0.1, -0.05) is 13.0 Å². The average Bonchev–Trinajstić information content (AvgIpc) is 2.62. The Bertz CT molecular complexity index is 419. The standard InChI is InChI=1S/C12H15FN2O/c1-2-10(12(14)16)15-6-5-8-3-4-9(13)7-11(8)15/h3-4,7,10H,2,5-6H2,1H3,(H2,14,16). The minimum atomic E-state index is -0.348. The number of hydrogen-bond donors (Lipinski definition) is 1. The number of carbonyl (C=O) groups is 1. The third-order valence-electron chi connectivity index (χ3n) is 3.07. The van der Waals surface area contributed by atoms with E-state index in [4.69, 9.17) is 5.73 Å². The molecule has 0 saturated carbocycles. The number of hydrogen-bond acceptors (Lipinski definition) is 2. The summed E-state index contributed by atoms with van der Waals surface area (Å²) in [6, 6.07) is 4.38. The summed E-state index contributed by atoms with van der Waals surface area (Å²) in [7, 11) is 0. The molecule has 1 atom stereocenters. The van der Waals surface area contributed by atoms with Crippen molar-refractivity contribution in [1.29, 1.82) is 0 Å². The topological polar surface area (TPSA) is 46.3 Å². The van der Waals surface area contributed by atoms with Crippen molar-refractivity contribution < 1.29 is 9.18 Å². The summed E-state index contributed by atoms with van der Waals surface area (Å²) in [5, 5.41) is 0. The van der Waals surface area contributed by atoms with Crippen LogP contribution in [0.4, 0.5) is 10.1 Å². The first-order chi connectivity index (χ1) is 7.63. The molecule has 16 heavy (non-hydrogen) atoms. The minimum absolute atomic E-state index is 0.273. The Labute approximate surface area is 94.0 Å². The fourth-order valence-electron chi connectivity index (χ4n) is 2.28. The van der Waals surface area contributed by atoms with E-state index in [1.807, 2.05) is 11.8 Å². The van der Waals surface area contributed by atoms with Gasteiger partial charge in [0.1, 0.15) is 11.9 Å². The van der Waals surface area contributed by atoms with Crippen LogP contribution in [0.5, 0.6) is 0 Å². The maximum absolute atomic E-state index is 13.2. The third-order valence-corrected chi connectivity index (χ3v) is 3.07. The van der Waals surface area contributed by atoms with Gasteiger partial charge in [0.15, 0.2) is 0 Å². The van der Waals surface area contributed by atoms with Crippen LogP contribution in [0.15, 0.2) is 18.2 Å². The molecule has 4 heteroatoms. The van der Waals surface area contributed by atoms with E-state index in [0.29, 0.717) is 6.42 Å². The van der Waals surface area contributed by atoms with E-state index in [2.05, 4.69) is 0 Å². The van der Waals surface area contributed by atoms with Gasteiger partial charge in [0.25, 0.3) is 0 Å². The summed E-state index contributed by atoms with van der Waals surface area (Å²) in [5.41, 5.74) is 7.24. The number of carbonyl (C=O) groups excluding carboxylic acids is 1. The van der Waals surface area contributed by atoms with Crippen molar-refractivity contribution >= 4 is 11.6 Å². The molecule has 1 amide bonds. The molecule has 1 aromatic carbocycles. The molecule has 1 aliphatic heterocycles. The van der Waals surface area contributed by atoms with Crippen molar-refractivity contribution in [2.24, 2.45) is 5.73 Å². The van der Waals surface area contributed by atoms with E-state index in [1.54, 1.807) is 6.07 Å². The van der Waals surface area contributed by atoms with Crippen LogP contribution in [-0.2, 0) is 11.2 Å². The van der Waals surface area contributed by atoms with Crippen LogP contribution in [0, 0.1) is 5.82 Å². The van der Waals surface area contributed by atoms with Crippen LogP contribution in [0.25, 0.3) is 0 Å². The van der Waals surface area contributed by atoms with Gasteiger partial charge in [0.05, 0.1) is 0 Å². The van der Waals surface area contributed by atoms with Gasteiger partial charge in [-0.15, -0.1) is 0 Å². The second-order valence-electron chi connectivity index (χ2n) is 4.04. The average molecular weight is 222 g/mol. The Balaban J connectivity index is 2.35. The number of anilines is 1. The predicted molar refractivity (Wildman–Crippen MR) is 60.7 cm³/mol. The number of rotatable bonds is 3. The molecule has 0 aliphatic carbocycles. The van der Waals surface area contributed by atoms with Crippen molar-refractivity contribution in [3.8, 4) is 0 Å². The van der Waals surface area contributed by atoms with Crippen LogP contribution in [0.2, 0.25) is 0 Å². The molecule has 0 radical (unpaired) electrons. The van der Waals surface area contributed by atoms with E-state index in [1.165, 1.54) is 12.1 Å². The lowest BCUT2D eigenvalue weighted by Crippen LogP contribution is -2.43. The highest BCUT2D eigenvalue weighted by Gasteiger charge is 2.28. The number of benzene rings is 1. The minimum Gasteiger partial charge on any atom is -0.368 e. The Hall–Kier alpha value is -1.58. The lowest BCUT2D eigenvalue weighted by molar-refractivity contribution is -0.119. The maximum Gasteiger partial charge on any atom is 0.240 e. The number of nitrogens with zero attached hydrogens (tertiary/aromatic N) is 1. The van der Waals surface area contributed by atoms with Gasteiger partial charge in [-0.3, -0.25) is 4.79 Å². The van der Waals surface area contributed by atoms with E-state index in [9.17, 15) is 9.18 Å². The quantitative estimate of drug-likeness (QED) is 0.841. The second kappa shape index (κ2) is 4.12. The zero-order chi connectivity index (χ0) is 11.7. The maximum atomic E-state index is 13.2. The highest BCUT2D eigenvalue weighted by atomic mass is 19.1. The smallest absolute Gasteiger partial charge is 0.240 e. The first-order valence-corrected chi connectivity index (χ1v) is 5.48. The first-order valence-electron chi connectivity index (χ1n) is 5.48. The second-order valence-corrected chi connectivity index (χ2v) is 4.04. The highest BCUT2D eigenvalue weighted by molar-refractivity contribution is 5.84. The van der Waals surface area contributed by atoms with Gasteiger partial charge in [-0.05, 0) is 30.5 Å². The van der Waals surface area contributed by atoms with Gasteiger partial charge in [-0.2, -0.15) is 0 Å². The first kappa shape index (κ1) is 10.9. The van der Waals surface area contributed by atoms with E-state index in [-0.39, 0.29) is 17.8 Å². The van der Waals surface area contributed by atoms with Crippen LogP contribution < -0.4 is 10.6 Å². The molecule has 0 aromatic heterocycles.